The van der Waals surface area contributed by atoms with Crippen LogP contribution in [0.25, 0.3) is 10.1 Å². The first-order chi connectivity index (χ1) is 12.1. The molecule has 1 aromatic heterocycles. The molecule has 6 heteroatoms. The van der Waals surface area contributed by atoms with Gasteiger partial charge in [-0.05, 0) is 29.8 Å². The van der Waals surface area contributed by atoms with Gasteiger partial charge in [-0.15, -0.1) is 11.3 Å². The molecule has 0 aliphatic carbocycles. The summed E-state index contributed by atoms with van der Waals surface area (Å²) in [5.74, 6) is -0.665. The number of anilines is 1. The van der Waals surface area contributed by atoms with Crippen molar-refractivity contribution in [3.8, 4) is 6.07 Å². The highest BCUT2D eigenvalue weighted by Crippen LogP contribution is 2.34. The molecular weight excluding hydrogens is 339 g/mol. The van der Waals surface area contributed by atoms with E-state index in [0.29, 0.717) is 32.6 Å². The summed E-state index contributed by atoms with van der Waals surface area (Å²) in [4.78, 5) is 13.1. The quantitative estimate of drug-likeness (QED) is 0.733. The van der Waals surface area contributed by atoms with E-state index >= 15 is 0 Å². The Hall–Kier alpha value is -2.75. The van der Waals surface area contributed by atoms with Crippen molar-refractivity contribution in [2.24, 2.45) is 0 Å². The number of hydrogen-bond donors (Lipinski definition) is 1. The number of ether oxygens (including phenoxy) is 1. The van der Waals surface area contributed by atoms with Crippen molar-refractivity contribution >= 4 is 33.0 Å². The summed E-state index contributed by atoms with van der Waals surface area (Å²) in [5, 5.41) is 11.9. The predicted octanol–water partition coefficient (Wildman–Crippen LogP) is 4.51. The van der Waals surface area contributed by atoms with E-state index in [1.807, 2.05) is 0 Å². The van der Waals surface area contributed by atoms with Gasteiger partial charge in [0.25, 0.3) is 5.91 Å². The van der Waals surface area contributed by atoms with Crippen LogP contribution in [0.5, 0.6) is 0 Å². The first-order valence-electron chi connectivity index (χ1n) is 7.60. The minimum Gasteiger partial charge on any atom is -0.380 e. The minimum absolute atomic E-state index is 0.158. The first-order valence-corrected chi connectivity index (χ1v) is 8.41. The minimum atomic E-state index is -0.360. The number of amides is 1. The molecule has 0 fully saturated rings. The van der Waals surface area contributed by atoms with Crippen LogP contribution in [-0.2, 0) is 17.8 Å². The summed E-state index contributed by atoms with van der Waals surface area (Å²) in [6.07, 6.45) is 0.321. The lowest BCUT2D eigenvalue weighted by atomic mass is 10.1. The molecule has 126 valence electrons. The number of nitrogens with one attached hydrogen (secondary N) is 1. The summed E-state index contributed by atoms with van der Waals surface area (Å²) >= 11 is 1.24. The number of rotatable bonds is 5. The van der Waals surface area contributed by atoms with Crippen molar-refractivity contribution in [1.29, 1.82) is 5.26 Å². The van der Waals surface area contributed by atoms with Gasteiger partial charge in [-0.2, -0.15) is 5.26 Å². The maximum atomic E-state index is 14.2. The molecule has 2 aromatic carbocycles. The third-order valence-corrected chi connectivity index (χ3v) is 4.95. The normalized spacial score (nSPS) is 10.6. The Labute approximate surface area is 148 Å². The molecule has 3 aromatic rings. The van der Waals surface area contributed by atoms with Gasteiger partial charge < -0.3 is 10.1 Å². The number of thiophene rings is 1. The molecule has 0 saturated carbocycles. The third-order valence-electron chi connectivity index (χ3n) is 3.75. The maximum absolute atomic E-state index is 14.2. The molecule has 0 atom stereocenters. The van der Waals surface area contributed by atoms with Gasteiger partial charge in [0.15, 0.2) is 0 Å². The first kappa shape index (κ1) is 17.1. The number of carbonyl (C=O) groups excluding carboxylic acids is 1. The van der Waals surface area contributed by atoms with Gasteiger partial charge in [0, 0.05) is 28.4 Å². The van der Waals surface area contributed by atoms with Gasteiger partial charge in [0.2, 0.25) is 0 Å². The molecule has 0 spiro atoms. The van der Waals surface area contributed by atoms with Gasteiger partial charge in [0.1, 0.15) is 5.82 Å². The summed E-state index contributed by atoms with van der Waals surface area (Å²) in [7, 11) is 1.51. The Morgan fingerprint density at radius 2 is 2.04 bits per heavy atom. The van der Waals surface area contributed by atoms with E-state index in [-0.39, 0.29) is 18.3 Å². The van der Waals surface area contributed by atoms with Gasteiger partial charge in [-0.1, -0.05) is 18.2 Å². The van der Waals surface area contributed by atoms with Crippen LogP contribution >= 0.6 is 11.3 Å². The number of benzene rings is 2. The number of fused-ring (bicyclic) bond motifs is 1. The third kappa shape index (κ3) is 3.53. The van der Waals surface area contributed by atoms with E-state index in [9.17, 15) is 9.18 Å². The molecule has 3 rings (SSSR count). The van der Waals surface area contributed by atoms with Crippen LogP contribution in [0.2, 0.25) is 0 Å². The standard InChI is InChI=1S/C19H15FN2O2S/c1-24-11-14-17-15(20)3-2-4-16(17)25-18(14)19(23)22-13-7-5-12(6-8-13)9-10-21/h2-8H,9,11H2,1H3,(H,22,23). The van der Waals surface area contributed by atoms with Crippen LogP contribution in [0, 0.1) is 17.1 Å². The number of hydrogen-bond acceptors (Lipinski definition) is 4. The zero-order valence-electron chi connectivity index (χ0n) is 13.5. The number of nitrogens with zero attached hydrogens (tertiary/aromatic N) is 1. The zero-order valence-corrected chi connectivity index (χ0v) is 14.3. The fraction of sp³-hybridized carbons (Fsp3) is 0.158. The highest BCUT2D eigenvalue weighted by Gasteiger charge is 2.20. The average Bonchev–Trinajstić information content (AvgIpc) is 2.97. The molecule has 0 aliphatic heterocycles. The van der Waals surface area contributed by atoms with Crippen molar-refractivity contribution in [3.05, 3.63) is 64.3 Å². The molecule has 1 N–H and O–H groups in total. The van der Waals surface area contributed by atoms with E-state index in [4.69, 9.17) is 10.00 Å². The highest BCUT2D eigenvalue weighted by molar-refractivity contribution is 7.21. The van der Waals surface area contributed by atoms with Crippen LogP contribution in [0.15, 0.2) is 42.5 Å². The van der Waals surface area contributed by atoms with E-state index in [0.717, 1.165) is 5.56 Å². The highest BCUT2D eigenvalue weighted by atomic mass is 32.1. The lowest BCUT2D eigenvalue weighted by Gasteiger charge is -2.07. The molecule has 0 radical (unpaired) electrons. The van der Waals surface area contributed by atoms with Crippen molar-refractivity contribution < 1.29 is 13.9 Å². The molecule has 0 aliphatic rings. The molecule has 0 unspecified atom stereocenters. The number of halogens is 1. The topological polar surface area (TPSA) is 62.1 Å². The van der Waals surface area contributed by atoms with Crippen molar-refractivity contribution in [3.63, 3.8) is 0 Å². The van der Waals surface area contributed by atoms with Crippen LogP contribution in [0.3, 0.4) is 0 Å². The Kier molecular flexibility index (Phi) is 5.08. The summed E-state index contributed by atoms with van der Waals surface area (Å²) in [6.45, 7) is 0.158. The zero-order chi connectivity index (χ0) is 17.8. The monoisotopic (exact) mass is 354 g/mol. The number of nitriles is 1. The van der Waals surface area contributed by atoms with Gasteiger partial charge in [-0.25, -0.2) is 4.39 Å². The van der Waals surface area contributed by atoms with E-state index in [1.165, 1.54) is 24.5 Å². The molecular formula is C19H15FN2O2S. The van der Waals surface area contributed by atoms with Crippen LogP contribution in [-0.4, -0.2) is 13.0 Å². The fourth-order valence-electron chi connectivity index (χ4n) is 2.62. The molecule has 0 bridgehead atoms. The SMILES string of the molecule is COCc1c(C(=O)Nc2ccc(CC#N)cc2)sc2cccc(F)c12. The second kappa shape index (κ2) is 7.43. The molecule has 1 heterocycles. The van der Waals surface area contributed by atoms with E-state index < -0.39 is 0 Å². The smallest absolute Gasteiger partial charge is 0.266 e. The Morgan fingerprint density at radius 3 is 2.72 bits per heavy atom. The van der Waals surface area contributed by atoms with Crippen LogP contribution in [0.1, 0.15) is 20.8 Å². The Bertz CT molecular complexity index is 958. The second-order valence-electron chi connectivity index (χ2n) is 5.44. The summed E-state index contributed by atoms with van der Waals surface area (Å²) in [6, 6.07) is 13.9. The second-order valence-corrected chi connectivity index (χ2v) is 6.49. The molecule has 1 amide bonds. The Balaban J connectivity index is 1.92. The van der Waals surface area contributed by atoms with Gasteiger partial charge in [-0.3, -0.25) is 4.79 Å². The van der Waals surface area contributed by atoms with Crippen LogP contribution < -0.4 is 5.32 Å². The van der Waals surface area contributed by atoms with E-state index in [1.54, 1.807) is 36.4 Å². The van der Waals surface area contributed by atoms with Gasteiger partial charge in [0.05, 0.1) is 24.0 Å². The Morgan fingerprint density at radius 1 is 1.28 bits per heavy atom. The average molecular weight is 354 g/mol. The maximum Gasteiger partial charge on any atom is 0.266 e. The molecule has 25 heavy (non-hydrogen) atoms. The van der Waals surface area contributed by atoms with Crippen molar-refractivity contribution in [1.82, 2.24) is 0 Å². The lowest BCUT2D eigenvalue weighted by molar-refractivity contribution is 0.102. The molecule has 4 nitrogen and oxygen atoms in total. The predicted molar refractivity (Wildman–Crippen MR) is 96.2 cm³/mol. The van der Waals surface area contributed by atoms with Crippen LogP contribution in [0.4, 0.5) is 10.1 Å². The number of carbonyl (C=O) groups is 1. The van der Waals surface area contributed by atoms with E-state index in [2.05, 4.69) is 11.4 Å². The fourth-order valence-corrected chi connectivity index (χ4v) is 3.74. The van der Waals surface area contributed by atoms with Gasteiger partial charge >= 0.3 is 0 Å². The molecule has 0 saturated heterocycles. The lowest BCUT2D eigenvalue weighted by Crippen LogP contribution is -2.12. The number of methoxy groups -OCH3 is 1. The van der Waals surface area contributed by atoms with Crippen molar-refractivity contribution in [2.45, 2.75) is 13.0 Å². The summed E-state index contributed by atoms with van der Waals surface area (Å²) < 4.78 is 20.1. The largest absolute Gasteiger partial charge is 0.380 e. The summed E-state index contributed by atoms with van der Waals surface area (Å²) in [5.41, 5.74) is 2.05. The van der Waals surface area contributed by atoms with Crippen molar-refractivity contribution in [2.75, 3.05) is 12.4 Å².